The maximum absolute atomic E-state index is 10.5. The summed E-state index contributed by atoms with van der Waals surface area (Å²) in [6.45, 7) is 3.39. The maximum atomic E-state index is 10.5. The van der Waals surface area contributed by atoms with E-state index in [0.717, 1.165) is 0 Å². The molecule has 128 valence electrons. The minimum Gasteiger partial charge on any atom is -0.469 e. The molecule has 1 heterocycles. The van der Waals surface area contributed by atoms with Gasteiger partial charge in [-0.05, 0) is 26.3 Å². The number of anilines is 1. The van der Waals surface area contributed by atoms with Crippen LogP contribution in [0.3, 0.4) is 0 Å². The Morgan fingerprint density at radius 1 is 1.22 bits per heavy atom. The van der Waals surface area contributed by atoms with Gasteiger partial charge in [-0.1, -0.05) is 0 Å². The molecule has 0 spiro atoms. The monoisotopic (exact) mass is 327 g/mol. The number of nitrogen functional groups attached to an aromatic ring is 1. The van der Waals surface area contributed by atoms with Crippen LogP contribution in [-0.2, 0) is 19.1 Å². The Morgan fingerprint density at radius 2 is 1.70 bits per heavy atom. The summed E-state index contributed by atoms with van der Waals surface area (Å²) in [6.07, 6.45) is 1.02. The number of pyridine rings is 1. The number of rotatable bonds is 5. The van der Waals surface area contributed by atoms with E-state index >= 15 is 0 Å². The zero-order valence-electron chi connectivity index (χ0n) is 13.6. The van der Waals surface area contributed by atoms with Crippen LogP contribution in [0.1, 0.15) is 30.5 Å². The Bertz CT molecular complexity index is 535. The molecule has 0 aliphatic carbocycles. The fourth-order valence-corrected chi connectivity index (χ4v) is 1.68. The fraction of sp³-hybridized carbons (Fsp3) is 0.500. The van der Waals surface area contributed by atoms with Crippen LogP contribution in [0, 0.1) is 24.0 Å². The molecule has 0 saturated heterocycles. The maximum Gasteiger partial charge on any atom is 0.314 e. The molecular weight excluding hydrogens is 306 g/mol. The van der Waals surface area contributed by atoms with Gasteiger partial charge < -0.3 is 15.2 Å². The second-order valence-electron chi connectivity index (χ2n) is 4.58. The lowest BCUT2D eigenvalue weighted by atomic mass is 10.2. The molecule has 0 radical (unpaired) electrons. The van der Waals surface area contributed by atoms with Gasteiger partial charge in [0.25, 0.3) is 0 Å². The standard InChI is InChI=1S/C7H9N3O2.C7H12O4/c1-4-3-5(2)9-7(8)6(4)10(11)12;1-10-6(8)4-3-5-7(9)11-2/h3H,1-2H3,(H2,8,9);3-5H2,1-2H3. The molecule has 1 aromatic heterocycles. The van der Waals surface area contributed by atoms with Crippen molar-refractivity contribution in [3.05, 3.63) is 27.4 Å². The molecule has 0 unspecified atom stereocenters. The number of ether oxygens (including phenoxy) is 2. The highest BCUT2D eigenvalue weighted by atomic mass is 16.6. The van der Waals surface area contributed by atoms with Crippen LogP contribution in [0.2, 0.25) is 0 Å². The molecule has 0 aliphatic heterocycles. The first kappa shape index (κ1) is 20.3. The molecule has 0 amide bonds. The van der Waals surface area contributed by atoms with E-state index < -0.39 is 4.92 Å². The summed E-state index contributed by atoms with van der Waals surface area (Å²) in [5.41, 5.74) is 6.51. The molecule has 9 nitrogen and oxygen atoms in total. The quantitative estimate of drug-likeness (QED) is 0.490. The van der Waals surface area contributed by atoms with Crippen LogP contribution in [0.5, 0.6) is 0 Å². The van der Waals surface area contributed by atoms with Crippen LogP contribution >= 0.6 is 0 Å². The Kier molecular flexibility index (Phi) is 8.90. The van der Waals surface area contributed by atoms with Gasteiger partial charge in [0.05, 0.1) is 19.1 Å². The summed E-state index contributed by atoms with van der Waals surface area (Å²) < 4.78 is 8.75. The van der Waals surface area contributed by atoms with E-state index in [-0.39, 0.29) is 36.3 Å². The van der Waals surface area contributed by atoms with Crippen molar-refractivity contribution < 1.29 is 24.0 Å². The molecule has 23 heavy (non-hydrogen) atoms. The van der Waals surface area contributed by atoms with E-state index in [1.165, 1.54) is 14.2 Å². The molecule has 0 aliphatic rings. The van der Waals surface area contributed by atoms with Gasteiger partial charge in [-0.15, -0.1) is 0 Å². The number of carbonyl (C=O) groups excluding carboxylic acids is 2. The first-order chi connectivity index (χ1) is 10.7. The van der Waals surface area contributed by atoms with Gasteiger partial charge in [-0.25, -0.2) is 4.98 Å². The van der Waals surface area contributed by atoms with Crippen molar-refractivity contribution >= 4 is 23.4 Å². The number of hydrogen-bond acceptors (Lipinski definition) is 8. The van der Waals surface area contributed by atoms with E-state index in [1.807, 2.05) is 0 Å². The van der Waals surface area contributed by atoms with E-state index in [4.69, 9.17) is 5.73 Å². The van der Waals surface area contributed by atoms with Gasteiger partial charge in [0.15, 0.2) is 0 Å². The van der Waals surface area contributed by atoms with Gasteiger partial charge in [-0.2, -0.15) is 0 Å². The smallest absolute Gasteiger partial charge is 0.314 e. The first-order valence-corrected chi connectivity index (χ1v) is 6.74. The summed E-state index contributed by atoms with van der Waals surface area (Å²) in [4.78, 5) is 34.7. The second-order valence-corrected chi connectivity index (χ2v) is 4.58. The number of aryl methyl sites for hydroxylation is 2. The lowest BCUT2D eigenvalue weighted by Gasteiger charge is -2.00. The predicted octanol–water partition coefficient (Wildman–Crippen LogP) is 1.69. The van der Waals surface area contributed by atoms with Crippen molar-refractivity contribution in [3.8, 4) is 0 Å². The number of nitrogens with two attached hydrogens (primary N) is 1. The highest BCUT2D eigenvalue weighted by Crippen LogP contribution is 2.23. The summed E-state index contributed by atoms with van der Waals surface area (Å²) in [5.74, 6) is -0.611. The average molecular weight is 327 g/mol. The SMILES string of the molecule is COC(=O)CCCC(=O)OC.Cc1cc(C)c([N+](=O)[O-])c(N)n1. The first-order valence-electron chi connectivity index (χ1n) is 6.74. The third-order valence-electron chi connectivity index (χ3n) is 2.74. The zero-order valence-corrected chi connectivity index (χ0v) is 13.6. The van der Waals surface area contributed by atoms with Gasteiger partial charge in [0.2, 0.25) is 5.82 Å². The number of hydrogen-bond donors (Lipinski definition) is 1. The lowest BCUT2D eigenvalue weighted by molar-refractivity contribution is -0.384. The molecule has 9 heteroatoms. The van der Waals surface area contributed by atoms with Crippen LogP contribution in [0.4, 0.5) is 11.5 Å². The normalized spacial score (nSPS) is 9.39. The summed E-state index contributed by atoms with van der Waals surface area (Å²) >= 11 is 0. The Labute approximate surface area is 133 Å². The molecule has 0 aromatic carbocycles. The van der Waals surface area contributed by atoms with Crippen molar-refractivity contribution in [2.45, 2.75) is 33.1 Å². The summed E-state index contributed by atoms with van der Waals surface area (Å²) in [7, 11) is 2.64. The number of nitrogens with zero attached hydrogens (tertiary/aromatic N) is 2. The Hall–Kier alpha value is -2.71. The molecule has 0 saturated carbocycles. The Balaban J connectivity index is 0.000000423. The van der Waals surface area contributed by atoms with E-state index in [0.29, 0.717) is 17.7 Å². The number of nitro groups is 1. The second kappa shape index (κ2) is 10.1. The van der Waals surface area contributed by atoms with Gasteiger partial charge in [0, 0.05) is 24.1 Å². The van der Waals surface area contributed by atoms with E-state index in [2.05, 4.69) is 14.5 Å². The number of methoxy groups -OCH3 is 2. The van der Waals surface area contributed by atoms with E-state index in [9.17, 15) is 19.7 Å². The lowest BCUT2D eigenvalue weighted by Crippen LogP contribution is -2.04. The number of carbonyl (C=O) groups is 2. The van der Waals surface area contributed by atoms with Crippen molar-refractivity contribution in [2.75, 3.05) is 20.0 Å². The van der Waals surface area contributed by atoms with Crippen LogP contribution in [0.15, 0.2) is 6.07 Å². The van der Waals surface area contributed by atoms with Gasteiger partial charge in [-0.3, -0.25) is 19.7 Å². The molecular formula is C14H21N3O6. The zero-order chi connectivity index (χ0) is 18.0. The van der Waals surface area contributed by atoms with Crippen molar-refractivity contribution in [2.24, 2.45) is 0 Å². The van der Waals surface area contributed by atoms with Gasteiger partial charge >= 0.3 is 17.6 Å². The number of aromatic nitrogens is 1. The predicted molar refractivity (Wildman–Crippen MR) is 82.7 cm³/mol. The van der Waals surface area contributed by atoms with Crippen molar-refractivity contribution in [1.29, 1.82) is 0 Å². The third-order valence-corrected chi connectivity index (χ3v) is 2.74. The topological polar surface area (TPSA) is 135 Å². The largest absolute Gasteiger partial charge is 0.469 e. The van der Waals surface area contributed by atoms with Gasteiger partial charge in [0.1, 0.15) is 0 Å². The molecule has 2 N–H and O–H groups in total. The highest BCUT2D eigenvalue weighted by molar-refractivity contribution is 5.72. The minimum absolute atomic E-state index is 0.0162. The van der Waals surface area contributed by atoms with Crippen molar-refractivity contribution in [1.82, 2.24) is 4.98 Å². The fourth-order valence-electron chi connectivity index (χ4n) is 1.68. The third kappa shape index (κ3) is 7.74. The highest BCUT2D eigenvalue weighted by Gasteiger charge is 2.16. The number of esters is 2. The minimum atomic E-state index is -0.517. The molecule has 1 rings (SSSR count). The average Bonchev–Trinajstić information content (AvgIpc) is 2.45. The Morgan fingerprint density at radius 3 is 2.04 bits per heavy atom. The van der Waals surface area contributed by atoms with Crippen LogP contribution in [-0.4, -0.2) is 36.1 Å². The van der Waals surface area contributed by atoms with Crippen LogP contribution < -0.4 is 5.73 Å². The molecule has 0 atom stereocenters. The summed E-state index contributed by atoms with van der Waals surface area (Å²) in [5, 5.41) is 10.4. The van der Waals surface area contributed by atoms with Crippen molar-refractivity contribution in [3.63, 3.8) is 0 Å². The van der Waals surface area contributed by atoms with E-state index in [1.54, 1.807) is 19.9 Å². The molecule has 1 aromatic rings. The molecule has 0 fully saturated rings. The summed E-state index contributed by atoms with van der Waals surface area (Å²) in [6, 6.07) is 1.63. The molecule has 0 bridgehead atoms. The van der Waals surface area contributed by atoms with Crippen LogP contribution in [0.25, 0.3) is 0 Å².